The van der Waals surface area contributed by atoms with Crippen molar-refractivity contribution in [1.29, 1.82) is 0 Å². The Morgan fingerprint density at radius 3 is 2.45 bits per heavy atom. The fourth-order valence-corrected chi connectivity index (χ4v) is 2.06. The van der Waals surface area contributed by atoms with Gasteiger partial charge in [-0.1, -0.05) is 12.1 Å². The molecule has 2 rings (SSSR count). The van der Waals surface area contributed by atoms with Crippen molar-refractivity contribution in [2.24, 2.45) is 0 Å². The molecule has 0 heterocycles. The molecule has 2 aromatic rings. The van der Waals surface area contributed by atoms with Crippen LogP contribution in [0.15, 0.2) is 42.5 Å². The summed E-state index contributed by atoms with van der Waals surface area (Å²) in [7, 11) is 1.51. The summed E-state index contributed by atoms with van der Waals surface area (Å²) in [4.78, 5) is 23.5. The molecule has 0 saturated heterocycles. The van der Waals surface area contributed by atoms with Crippen LogP contribution in [0.1, 0.15) is 22.8 Å². The second kappa shape index (κ2) is 6.76. The highest BCUT2D eigenvalue weighted by molar-refractivity contribution is 6.05. The maximum atomic E-state index is 12.3. The normalized spacial score (nSPS) is 9.95. The number of aryl methyl sites for hydroxylation is 1. The largest absolute Gasteiger partial charge is 0.495 e. The lowest BCUT2D eigenvalue weighted by molar-refractivity contribution is -0.114. The molecule has 0 aromatic heterocycles. The van der Waals surface area contributed by atoms with Crippen LogP contribution in [-0.4, -0.2) is 18.9 Å². The van der Waals surface area contributed by atoms with Crippen molar-refractivity contribution in [3.05, 3.63) is 53.6 Å². The fourth-order valence-electron chi connectivity index (χ4n) is 2.06. The smallest absolute Gasteiger partial charge is 0.255 e. The van der Waals surface area contributed by atoms with Crippen LogP contribution >= 0.6 is 0 Å². The van der Waals surface area contributed by atoms with Crippen LogP contribution in [0, 0.1) is 6.92 Å². The Balaban J connectivity index is 2.24. The molecule has 0 unspecified atom stereocenters. The van der Waals surface area contributed by atoms with Gasteiger partial charge in [-0.25, -0.2) is 0 Å². The lowest BCUT2D eigenvalue weighted by Crippen LogP contribution is -2.13. The van der Waals surface area contributed by atoms with Crippen LogP contribution < -0.4 is 15.4 Å². The summed E-state index contributed by atoms with van der Waals surface area (Å²) in [6, 6.07) is 12.4. The quantitative estimate of drug-likeness (QED) is 0.910. The van der Waals surface area contributed by atoms with Crippen molar-refractivity contribution >= 4 is 23.2 Å². The SMILES string of the molecule is COc1ccc(C(=O)Nc2cccc(C)c2)cc1NC(C)=O. The summed E-state index contributed by atoms with van der Waals surface area (Å²) in [5, 5.41) is 5.47. The number of hydrogen-bond acceptors (Lipinski definition) is 3. The number of carbonyl (C=O) groups excluding carboxylic acids is 2. The molecule has 22 heavy (non-hydrogen) atoms. The van der Waals surface area contributed by atoms with Crippen LogP contribution in [0.25, 0.3) is 0 Å². The van der Waals surface area contributed by atoms with E-state index >= 15 is 0 Å². The molecule has 2 aromatic carbocycles. The first-order chi connectivity index (χ1) is 10.5. The van der Waals surface area contributed by atoms with Crippen LogP contribution in [0.3, 0.4) is 0 Å². The lowest BCUT2D eigenvalue weighted by Gasteiger charge is -2.11. The minimum atomic E-state index is -0.250. The molecule has 114 valence electrons. The topological polar surface area (TPSA) is 67.4 Å². The monoisotopic (exact) mass is 298 g/mol. The Bertz CT molecular complexity index is 711. The number of nitrogens with one attached hydrogen (secondary N) is 2. The second-order valence-corrected chi connectivity index (χ2v) is 4.92. The summed E-state index contributed by atoms with van der Waals surface area (Å²) in [6.45, 7) is 3.36. The Morgan fingerprint density at radius 2 is 1.82 bits per heavy atom. The van der Waals surface area contributed by atoms with E-state index in [1.807, 2.05) is 31.2 Å². The molecule has 0 aliphatic rings. The average molecular weight is 298 g/mol. The number of ether oxygens (including phenoxy) is 1. The van der Waals surface area contributed by atoms with E-state index in [1.165, 1.54) is 14.0 Å². The van der Waals surface area contributed by atoms with Gasteiger partial charge in [-0.3, -0.25) is 9.59 Å². The van der Waals surface area contributed by atoms with Crippen molar-refractivity contribution in [1.82, 2.24) is 0 Å². The summed E-state index contributed by atoms with van der Waals surface area (Å²) >= 11 is 0. The molecule has 2 N–H and O–H groups in total. The van der Waals surface area contributed by atoms with Crippen LogP contribution in [0.4, 0.5) is 11.4 Å². The van der Waals surface area contributed by atoms with Gasteiger partial charge in [0.2, 0.25) is 5.91 Å². The summed E-state index contributed by atoms with van der Waals surface area (Å²) in [5.74, 6) is 0.0247. The first kappa shape index (κ1) is 15.6. The van der Waals surface area contributed by atoms with Gasteiger partial charge in [0.15, 0.2) is 0 Å². The Morgan fingerprint density at radius 1 is 1.05 bits per heavy atom. The summed E-state index contributed by atoms with van der Waals surface area (Å²) < 4.78 is 5.17. The Kier molecular flexibility index (Phi) is 4.78. The van der Waals surface area contributed by atoms with Crippen molar-refractivity contribution in [3.8, 4) is 5.75 Å². The van der Waals surface area contributed by atoms with E-state index in [-0.39, 0.29) is 11.8 Å². The number of anilines is 2. The second-order valence-electron chi connectivity index (χ2n) is 4.92. The molecule has 0 radical (unpaired) electrons. The highest BCUT2D eigenvalue weighted by atomic mass is 16.5. The standard InChI is InChI=1S/C17H18N2O3/c1-11-5-4-6-14(9-11)19-17(21)13-7-8-16(22-3)15(10-13)18-12(2)20/h4-10H,1-3H3,(H,18,20)(H,19,21). The van der Waals surface area contributed by atoms with Gasteiger partial charge in [-0.05, 0) is 42.8 Å². The molecule has 0 aliphatic carbocycles. The Labute approximate surface area is 129 Å². The highest BCUT2D eigenvalue weighted by Gasteiger charge is 2.11. The first-order valence-electron chi connectivity index (χ1n) is 6.83. The minimum absolute atomic E-state index is 0.227. The molecule has 2 amide bonds. The number of amides is 2. The molecule has 5 heteroatoms. The molecule has 0 saturated carbocycles. The van der Waals surface area contributed by atoms with E-state index in [0.717, 1.165) is 11.3 Å². The number of rotatable bonds is 4. The number of methoxy groups -OCH3 is 1. The molecule has 5 nitrogen and oxygen atoms in total. The molecule has 0 spiro atoms. The van der Waals surface area contributed by atoms with Gasteiger partial charge in [0.1, 0.15) is 5.75 Å². The number of benzene rings is 2. The van der Waals surface area contributed by atoms with E-state index in [1.54, 1.807) is 18.2 Å². The highest BCUT2D eigenvalue weighted by Crippen LogP contribution is 2.26. The van der Waals surface area contributed by atoms with Crippen LogP contribution in [0.2, 0.25) is 0 Å². The van der Waals surface area contributed by atoms with Crippen LogP contribution in [-0.2, 0) is 4.79 Å². The van der Waals surface area contributed by atoms with Gasteiger partial charge in [0, 0.05) is 18.2 Å². The van der Waals surface area contributed by atoms with E-state index in [2.05, 4.69) is 10.6 Å². The first-order valence-corrected chi connectivity index (χ1v) is 6.83. The zero-order valence-corrected chi connectivity index (χ0v) is 12.8. The molecule has 0 bridgehead atoms. The third-order valence-corrected chi connectivity index (χ3v) is 3.05. The molecule has 0 atom stereocenters. The Hall–Kier alpha value is -2.82. The van der Waals surface area contributed by atoms with Crippen molar-refractivity contribution < 1.29 is 14.3 Å². The summed E-state index contributed by atoms with van der Waals surface area (Å²) in [6.07, 6.45) is 0. The molecule has 0 aliphatic heterocycles. The predicted octanol–water partition coefficient (Wildman–Crippen LogP) is 3.21. The van der Waals surface area contributed by atoms with Gasteiger partial charge in [-0.15, -0.1) is 0 Å². The fraction of sp³-hybridized carbons (Fsp3) is 0.176. The van der Waals surface area contributed by atoms with Crippen molar-refractivity contribution in [2.45, 2.75) is 13.8 Å². The maximum Gasteiger partial charge on any atom is 0.255 e. The molecular weight excluding hydrogens is 280 g/mol. The van der Waals surface area contributed by atoms with Gasteiger partial charge in [0.25, 0.3) is 5.91 Å². The third kappa shape index (κ3) is 3.85. The van der Waals surface area contributed by atoms with E-state index < -0.39 is 0 Å². The van der Waals surface area contributed by atoms with Crippen molar-refractivity contribution in [3.63, 3.8) is 0 Å². The van der Waals surface area contributed by atoms with Gasteiger partial charge >= 0.3 is 0 Å². The van der Waals surface area contributed by atoms with E-state index in [4.69, 9.17) is 4.74 Å². The minimum Gasteiger partial charge on any atom is -0.495 e. The number of hydrogen-bond donors (Lipinski definition) is 2. The van der Waals surface area contributed by atoms with E-state index in [0.29, 0.717) is 17.0 Å². The van der Waals surface area contributed by atoms with E-state index in [9.17, 15) is 9.59 Å². The zero-order valence-electron chi connectivity index (χ0n) is 12.8. The molecular formula is C17H18N2O3. The van der Waals surface area contributed by atoms with Crippen molar-refractivity contribution in [2.75, 3.05) is 17.7 Å². The van der Waals surface area contributed by atoms with Gasteiger partial charge in [-0.2, -0.15) is 0 Å². The summed E-state index contributed by atoms with van der Waals surface area (Å²) in [5.41, 5.74) is 2.69. The third-order valence-electron chi connectivity index (χ3n) is 3.05. The maximum absolute atomic E-state index is 12.3. The number of carbonyl (C=O) groups is 2. The predicted molar refractivity (Wildman–Crippen MR) is 86.4 cm³/mol. The average Bonchev–Trinajstić information content (AvgIpc) is 2.46. The van der Waals surface area contributed by atoms with Gasteiger partial charge < -0.3 is 15.4 Å². The van der Waals surface area contributed by atoms with Gasteiger partial charge in [0.05, 0.1) is 12.8 Å². The zero-order chi connectivity index (χ0) is 16.1. The van der Waals surface area contributed by atoms with Crippen LogP contribution in [0.5, 0.6) is 5.75 Å². The lowest BCUT2D eigenvalue weighted by atomic mass is 10.1. The molecule has 0 fully saturated rings.